The molecule has 0 radical (unpaired) electrons. The van der Waals surface area contributed by atoms with Crippen molar-refractivity contribution in [2.75, 3.05) is 0 Å². The van der Waals surface area contributed by atoms with Gasteiger partial charge in [0.25, 0.3) is 0 Å². The van der Waals surface area contributed by atoms with E-state index in [1.807, 2.05) is 0 Å². The first-order chi connectivity index (χ1) is 11.0. The van der Waals surface area contributed by atoms with Crippen molar-refractivity contribution in [2.45, 2.75) is 26.2 Å². The smallest absolute Gasteiger partial charge is 0.0462 e. The van der Waals surface area contributed by atoms with Crippen molar-refractivity contribution in [1.29, 1.82) is 0 Å². The molecule has 1 N–H and O–H groups in total. The highest BCUT2D eigenvalue weighted by Crippen LogP contribution is 2.33. The van der Waals surface area contributed by atoms with Crippen LogP contribution in [0.2, 0.25) is 0 Å². The molecule has 4 aromatic rings. The maximum Gasteiger partial charge on any atom is 0.0462 e. The molecule has 1 heterocycles. The first-order valence-corrected chi connectivity index (χ1v) is 8.14. The van der Waals surface area contributed by atoms with Crippen LogP contribution in [0, 0.1) is 0 Å². The van der Waals surface area contributed by atoms with Gasteiger partial charge in [-0.25, -0.2) is 0 Å². The summed E-state index contributed by atoms with van der Waals surface area (Å²) < 4.78 is 0. The average molecular weight is 299 g/mol. The van der Waals surface area contributed by atoms with Crippen LogP contribution in [-0.2, 0) is 5.41 Å². The highest BCUT2D eigenvalue weighted by molar-refractivity contribution is 6.08. The van der Waals surface area contributed by atoms with Crippen LogP contribution in [0.4, 0.5) is 0 Å². The van der Waals surface area contributed by atoms with Crippen molar-refractivity contribution in [3.8, 4) is 11.1 Å². The molecule has 0 fully saturated rings. The molecule has 114 valence electrons. The zero-order valence-corrected chi connectivity index (χ0v) is 13.9. The normalized spacial score (nSPS) is 12.1. The number of aromatic amines is 1. The first kappa shape index (κ1) is 14.1. The quantitative estimate of drug-likeness (QED) is 0.425. The minimum Gasteiger partial charge on any atom is -0.358 e. The number of H-pyrrole nitrogens is 1. The summed E-state index contributed by atoms with van der Waals surface area (Å²) in [5.74, 6) is 0. The van der Waals surface area contributed by atoms with E-state index in [0.717, 1.165) is 0 Å². The molecule has 0 unspecified atom stereocenters. The van der Waals surface area contributed by atoms with Gasteiger partial charge in [0.15, 0.2) is 0 Å². The maximum atomic E-state index is 3.59. The van der Waals surface area contributed by atoms with Crippen LogP contribution in [0.25, 0.3) is 32.8 Å². The predicted octanol–water partition coefficient (Wildman–Crippen LogP) is 6.29. The van der Waals surface area contributed by atoms with E-state index in [1.54, 1.807) is 0 Å². The van der Waals surface area contributed by atoms with E-state index in [0.29, 0.717) is 0 Å². The van der Waals surface area contributed by atoms with Crippen LogP contribution in [0.5, 0.6) is 0 Å². The molecule has 0 saturated heterocycles. The van der Waals surface area contributed by atoms with E-state index >= 15 is 0 Å². The van der Waals surface area contributed by atoms with E-state index in [2.05, 4.69) is 92.5 Å². The Morgan fingerprint density at radius 1 is 0.696 bits per heavy atom. The summed E-state index contributed by atoms with van der Waals surface area (Å²) in [5.41, 5.74) is 5.15. The fourth-order valence-electron chi connectivity index (χ4n) is 3.15. The summed E-state index contributed by atoms with van der Waals surface area (Å²) in [6, 6.07) is 24.0. The Labute approximate surface area is 137 Å². The van der Waals surface area contributed by atoms with Crippen molar-refractivity contribution in [2.24, 2.45) is 0 Å². The summed E-state index contributed by atoms with van der Waals surface area (Å²) in [6.07, 6.45) is 0. The Morgan fingerprint density at radius 2 is 1.43 bits per heavy atom. The lowest BCUT2D eigenvalue weighted by Gasteiger charge is -2.15. The van der Waals surface area contributed by atoms with Crippen molar-refractivity contribution >= 4 is 21.7 Å². The van der Waals surface area contributed by atoms with Gasteiger partial charge in [0.05, 0.1) is 0 Å². The van der Waals surface area contributed by atoms with Gasteiger partial charge in [0.2, 0.25) is 0 Å². The molecule has 0 spiro atoms. The van der Waals surface area contributed by atoms with Crippen LogP contribution in [0.15, 0.2) is 66.7 Å². The molecular weight excluding hydrogens is 278 g/mol. The molecule has 0 aliphatic carbocycles. The Morgan fingerprint density at radius 3 is 2.17 bits per heavy atom. The van der Waals surface area contributed by atoms with Gasteiger partial charge in [0.1, 0.15) is 0 Å². The van der Waals surface area contributed by atoms with Gasteiger partial charge in [0, 0.05) is 22.0 Å². The zero-order valence-electron chi connectivity index (χ0n) is 13.9. The van der Waals surface area contributed by atoms with Gasteiger partial charge >= 0.3 is 0 Å². The first-order valence-electron chi connectivity index (χ1n) is 8.14. The molecule has 1 heteroatoms. The van der Waals surface area contributed by atoms with Gasteiger partial charge in [-0.2, -0.15) is 0 Å². The van der Waals surface area contributed by atoms with Crippen LogP contribution in [0.3, 0.4) is 0 Å². The molecule has 0 atom stereocenters. The van der Waals surface area contributed by atoms with Gasteiger partial charge < -0.3 is 4.98 Å². The molecule has 1 nitrogen and oxygen atoms in total. The fraction of sp³-hybridized carbons (Fsp3) is 0.182. The maximum absolute atomic E-state index is 3.59. The SMILES string of the molecule is CC(C)(C)c1cc2c(ccc3ccc(-c4ccccc4)cc32)[nH]1. The van der Waals surface area contributed by atoms with Crippen LogP contribution in [0.1, 0.15) is 26.5 Å². The summed E-state index contributed by atoms with van der Waals surface area (Å²) in [7, 11) is 0. The molecule has 3 aromatic carbocycles. The third kappa shape index (κ3) is 2.43. The summed E-state index contributed by atoms with van der Waals surface area (Å²) in [4.78, 5) is 3.59. The molecular formula is C22H21N. The van der Waals surface area contributed by atoms with Gasteiger partial charge in [-0.05, 0) is 40.1 Å². The topological polar surface area (TPSA) is 15.8 Å². The second kappa shape index (κ2) is 4.99. The third-order valence-electron chi connectivity index (χ3n) is 4.54. The number of hydrogen-bond acceptors (Lipinski definition) is 0. The van der Waals surface area contributed by atoms with Crippen LogP contribution >= 0.6 is 0 Å². The van der Waals surface area contributed by atoms with Crippen molar-refractivity contribution in [1.82, 2.24) is 4.98 Å². The number of aromatic nitrogens is 1. The Kier molecular flexibility index (Phi) is 3.05. The summed E-state index contributed by atoms with van der Waals surface area (Å²) >= 11 is 0. The highest BCUT2D eigenvalue weighted by atomic mass is 14.7. The number of rotatable bonds is 1. The fourth-order valence-corrected chi connectivity index (χ4v) is 3.15. The number of hydrogen-bond donors (Lipinski definition) is 1. The number of benzene rings is 3. The van der Waals surface area contributed by atoms with Crippen LogP contribution < -0.4 is 0 Å². The van der Waals surface area contributed by atoms with Gasteiger partial charge in [-0.15, -0.1) is 0 Å². The number of fused-ring (bicyclic) bond motifs is 3. The molecule has 0 amide bonds. The Bertz CT molecular complexity index is 985. The lowest BCUT2D eigenvalue weighted by atomic mass is 9.92. The lowest BCUT2D eigenvalue weighted by Crippen LogP contribution is -2.10. The second-order valence-corrected chi connectivity index (χ2v) is 7.26. The molecule has 4 rings (SSSR count). The third-order valence-corrected chi connectivity index (χ3v) is 4.54. The predicted molar refractivity (Wildman–Crippen MR) is 99.9 cm³/mol. The minimum atomic E-state index is 0.127. The molecule has 0 aliphatic rings. The van der Waals surface area contributed by atoms with E-state index in [9.17, 15) is 0 Å². The second-order valence-electron chi connectivity index (χ2n) is 7.26. The molecule has 0 aliphatic heterocycles. The summed E-state index contributed by atoms with van der Waals surface area (Å²) in [6.45, 7) is 6.74. The molecule has 0 bridgehead atoms. The minimum absolute atomic E-state index is 0.127. The largest absolute Gasteiger partial charge is 0.358 e. The van der Waals surface area contributed by atoms with Crippen LogP contribution in [-0.4, -0.2) is 4.98 Å². The van der Waals surface area contributed by atoms with E-state index in [4.69, 9.17) is 0 Å². The Balaban J connectivity index is 1.98. The lowest BCUT2D eigenvalue weighted by molar-refractivity contribution is 0.574. The molecule has 1 aromatic heterocycles. The number of nitrogens with one attached hydrogen (secondary N) is 1. The Hall–Kier alpha value is -2.54. The molecule has 23 heavy (non-hydrogen) atoms. The average Bonchev–Trinajstić information content (AvgIpc) is 3.00. The highest BCUT2D eigenvalue weighted by Gasteiger charge is 2.17. The van der Waals surface area contributed by atoms with E-state index in [1.165, 1.54) is 38.5 Å². The van der Waals surface area contributed by atoms with Crippen molar-refractivity contribution < 1.29 is 0 Å². The van der Waals surface area contributed by atoms with Gasteiger partial charge in [-0.3, -0.25) is 0 Å². The zero-order chi connectivity index (χ0) is 16.0. The van der Waals surface area contributed by atoms with E-state index in [-0.39, 0.29) is 5.41 Å². The van der Waals surface area contributed by atoms with Gasteiger partial charge in [-0.1, -0.05) is 69.3 Å². The van der Waals surface area contributed by atoms with Crippen molar-refractivity contribution in [3.05, 3.63) is 72.4 Å². The summed E-state index contributed by atoms with van der Waals surface area (Å²) in [5, 5.41) is 3.91. The standard InChI is InChI=1S/C22H21N/c1-22(2,3)21-14-19-18-13-17(15-7-5-4-6-8-15)10-9-16(18)11-12-20(19)23-21/h4-14,23H,1-3H3. The monoisotopic (exact) mass is 299 g/mol. The molecule has 0 saturated carbocycles. The van der Waals surface area contributed by atoms with E-state index < -0.39 is 0 Å². The van der Waals surface area contributed by atoms with Crippen molar-refractivity contribution in [3.63, 3.8) is 0 Å².